The SMILES string of the molecule is CCOc1cc([C@H]2NC(=O)NC(C)=C2C(=O)OC)ccc1OC[C@@H](O)N/N=C/c1cc(Br)cc(OC)c1OCc1cccc2ccccc12. The number of halogens is 1. The van der Waals surface area contributed by atoms with E-state index in [9.17, 15) is 14.7 Å². The smallest absolute Gasteiger partial charge is 0.337 e. The molecule has 0 radical (unpaired) electrons. The molecule has 0 fully saturated rings. The molecule has 0 bridgehead atoms. The molecule has 4 aromatic carbocycles. The first kappa shape index (κ1) is 35.0. The molecule has 2 amide bonds. The van der Waals surface area contributed by atoms with Gasteiger partial charge in [0.15, 0.2) is 29.2 Å². The van der Waals surface area contributed by atoms with E-state index in [2.05, 4.69) is 55.3 Å². The van der Waals surface area contributed by atoms with Crippen LogP contribution in [0.3, 0.4) is 0 Å². The molecule has 12 nitrogen and oxygen atoms in total. The zero-order chi connectivity index (χ0) is 34.9. The van der Waals surface area contributed by atoms with Gasteiger partial charge in [-0.1, -0.05) is 64.5 Å². The number of methoxy groups -OCH3 is 2. The number of fused-ring (bicyclic) bond motifs is 1. The second-order valence-electron chi connectivity index (χ2n) is 10.9. The first-order chi connectivity index (χ1) is 23.7. The lowest BCUT2D eigenvalue weighted by molar-refractivity contribution is -0.136. The maximum atomic E-state index is 12.5. The number of ether oxygens (including phenoxy) is 5. The summed E-state index contributed by atoms with van der Waals surface area (Å²) in [6, 6.07) is 21.6. The van der Waals surface area contributed by atoms with Crippen molar-refractivity contribution in [2.75, 3.05) is 27.4 Å². The average molecular weight is 734 g/mol. The Morgan fingerprint density at radius 3 is 2.59 bits per heavy atom. The Bertz CT molecular complexity index is 1890. The average Bonchev–Trinajstić information content (AvgIpc) is 3.09. The molecular formula is C36H37BrN4O8. The quantitative estimate of drug-likeness (QED) is 0.0554. The number of hydrazone groups is 1. The highest BCUT2D eigenvalue weighted by Crippen LogP contribution is 2.36. The van der Waals surface area contributed by atoms with Gasteiger partial charge in [-0.05, 0) is 60.0 Å². The van der Waals surface area contributed by atoms with Crippen molar-refractivity contribution in [2.45, 2.75) is 32.7 Å². The number of carbonyl (C=O) groups is 2. The van der Waals surface area contributed by atoms with Crippen LogP contribution in [0.25, 0.3) is 10.8 Å². The number of allylic oxidation sites excluding steroid dienone is 1. The lowest BCUT2D eigenvalue weighted by Crippen LogP contribution is -2.45. The summed E-state index contributed by atoms with van der Waals surface area (Å²) < 4.78 is 29.2. The van der Waals surface area contributed by atoms with Crippen LogP contribution in [-0.2, 0) is 16.1 Å². The van der Waals surface area contributed by atoms with Crippen molar-refractivity contribution < 1.29 is 38.4 Å². The van der Waals surface area contributed by atoms with Crippen LogP contribution in [0.5, 0.6) is 23.0 Å². The van der Waals surface area contributed by atoms with Gasteiger partial charge in [-0.25, -0.2) is 9.59 Å². The molecule has 1 aliphatic rings. The summed E-state index contributed by atoms with van der Waals surface area (Å²) in [5.41, 5.74) is 5.53. The van der Waals surface area contributed by atoms with Gasteiger partial charge < -0.3 is 39.4 Å². The summed E-state index contributed by atoms with van der Waals surface area (Å²) in [5, 5.41) is 22.5. The van der Waals surface area contributed by atoms with E-state index in [1.165, 1.54) is 13.3 Å². The highest BCUT2D eigenvalue weighted by molar-refractivity contribution is 9.10. The second kappa shape index (κ2) is 16.2. The summed E-state index contributed by atoms with van der Waals surface area (Å²) in [4.78, 5) is 24.7. The minimum Gasteiger partial charge on any atom is -0.493 e. The minimum atomic E-state index is -1.19. The molecule has 5 rings (SSSR count). The molecule has 1 aliphatic heterocycles. The van der Waals surface area contributed by atoms with Crippen LogP contribution in [-0.4, -0.2) is 57.0 Å². The summed E-state index contributed by atoms with van der Waals surface area (Å²) >= 11 is 3.51. The van der Waals surface area contributed by atoms with Gasteiger partial charge >= 0.3 is 12.0 Å². The molecule has 0 saturated carbocycles. The highest BCUT2D eigenvalue weighted by Gasteiger charge is 2.32. The summed E-state index contributed by atoms with van der Waals surface area (Å²) in [5.74, 6) is 1.13. The molecule has 0 spiro atoms. The Hall–Kier alpha value is -5.27. The van der Waals surface area contributed by atoms with Crippen LogP contribution < -0.4 is 35.0 Å². The Morgan fingerprint density at radius 1 is 1.02 bits per heavy atom. The lowest BCUT2D eigenvalue weighted by atomic mass is 9.95. The number of nitrogens with zero attached hydrogens (tertiary/aromatic N) is 1. The number of benzene rings is 4. The van der Waals surface area contributed by atoms with Crippen LogP contribution in [0.2, 0.25) is 0 Å². The first-order valence-electron chi connectivity index (χ1n) is 15.4. The van der Waals surface area contributed by atoms with Gasteiger partial charge in [-0.15, -0.1) is 0 Å². The van der Waals surface area contributed by atoms with E-state index in [0.717, 1.165) is 20.8 Å². The monoisotopic (exact) mass is 732 g/mol. The standard InChI is InChI=1S/C36H37BrN4O8/c1-5-47-29-16-23(33-32(35(43)46-4)21(2)39-36(44)40-33)13-14-28(29)48-20-31(42)41-38-18-25-15-26(37)17-30(45-3)34(25)49-19-24-11-8-10-22-9-6-7-12-27(22)24/h6-18,31,33,41-42H,5,19-20H2,1-4H3,(H2,39,40,44)/b38-18+/t31-,33-/m1/s1. The Balaban J connectivity index is 1.27. The molecule has 0 unspecified atom stereocenters. The molecule has 4 N–H and O–H groups in total. The topological polar surface area (TPSA) is 149 Å². The van der Waals surface area contributed by atoms with Gasteiger partial charge in [0.25, 0.3) is 0 Å². The second-order valence-corrected chi connectivity index (χ2v) is 11.8. The molecule has 1 heterocycles. The molecule has 256 valence electrons. The number of carbonyl (C=O) groups excluding carboxylic acids is 2. The number of rotatable bonds is 14. The van der Waals surface area contributed by atoms with E-state index in [4.69, 9.17) is 23.7 Å². The van der Waals surface area contributed by atoms with Crippen molar-refractivity contribution in [2.24, 2.45) is 5.10 Å². The van der Waals surface area contributed by atoms with E-state index in [0.29, 0.717) is 53.0 Å². The maximum Gasteiger partial charge on any atom is 0.337 e. The third kappa shape index (κ3) is 8.42. The number of amides is 2. The minimum absolute atomic E-state index is 0.181. The summed E-state index contributed by atoms with van der Waals surface area (Å²) in [6.45, 7) is 3.88. The normalized spacial score (nSPS) is 15.0. The molecule has 0 saturated heterocycles. The molecule has 49 heavy (non-hydrogen) atoms. The third-order valence-corrected chi connectivity index (χ3v) is 8.08. The summed E-state index contributed by atoms with van der Waals surface area (Å²) in [7, 11) is 2.84. The van der Waals surface area contributed by atoms with E-state index in [-0.39, 0.29) is 12.2 Å². The van der Waals surface area contributed by atoms with E-state index in [1.807, 2.05) is 37.3 Å². The van der Waals surface area contributed by atoms with Crippen LogP contribution in [0.15, 0.2) is 93.6 Å². The van der Waals surface area contributed by atoms with Crippen molar-refractivity contribution in [3.05, 3.63) is 105 Å². The predicted octanol–water partition coefficient (Wildman–Crippen LogP) is 5.71. The Labute approximate surface area is 292 Å². The van der Waals surface area contributed by atoms with Crippen molar-refractivity contribution in [1.82, 2.24) is 16.1 Å². The predicted molar refractivity (Wildman–Crippen MR) is 188 cm³/mol. The van der Waals surface area contributed by atoms with E-state index >= 15 is 0 Å². The van der Waals surface area contributed by atoms with Gasteiger partial charge in [0.2, 0.25) is 0 Å². The highest BCUT2D eigenvalue weighted by atomic mass is 79.9. The zero-order valence-corrected chi connectivity index (χ0v) is 29.0. The molecule has 4 aromatic rings. The number of nitrogens with one attached hydrogen (secondary N) is 3. The van der Waals surface area contributed by atoms with Crippen molar-refractivity contribution >= 4 is 44.9 Å². The van der Waals surface area contributed by atoms with Crippen molar-refractivity contribution in [3.63, 3.8) is 0 Å². The molecular weight excluding hydrogens is 696 g/mol. The van der Waals surface area contributed by atoms with Gasteiger partial charge in [0.1, 0.15) is 13.2 Å². The Morgan fingerprint density at radius 2 is 1.82 bits per heavy atom. The van der Waals surface area contributed by atoms with E-state index < -0.39 is 24.3 Å². The fourth-order valence-corrected chi connectivity index (χ4v) is 5.83. The number of urea groups is 1. The molecule has 0 aliphatic carbocycles. The van der Waals surface area contributed by atoms with Gasteiger partial charge in [0.05, 0.1) is 38.7 Å². The lowest BCUT2D eigenvalue weighted by Gasteiger charge is -2.28. The van der Waals surface area contributed by atoms with Crippen LogP contribution >= 0.6 is 15.9 Å². The number of esters is 1. The maximum absolute atomic E-state index is 12.5. The van der Waals surface area contributed by atoms with Crippen LogP contribution in [0.4, 0.5) is 4.79 Å². The zero-order valence-electron chi connectivity index (χ0n) is 27.4. The Kier molecular flexibility index (Phi) is 11.6. The fraction of sp³-hybridized carbons (Fsp3) is 0.250. The summed E-state index contributed by atoms with van der Waals surface area (Å²) in [6.07, 6.45) is 0.330. The van der Waals surface area contributed by atoms with Crippen molar-refractivity contribution in [3.8, 4) is 23.0 Å². The van der Waals surface area contributed by atoms with Gasteiger partial charge in [-0.3, -0.25) is 5.43 Å². The molecule has 0 aromatic heterocycles. The number of hydrogen-bond acceptors (Lipinski definition) is 10. The number of aliphatic hydroxyl groups excluding tert-OH is 1. The molecule has 2 atom stereocenters. The van der Waals surface area contributed by atoms with Gasteiger partial charge in [0, 0.05) is 15.7 Å². The van der Waals surface area contributed by atoms with E-state index in [1.54, 1.807) is 38.3 Å². The van der Waals surface area contributed by atoms with Crippen molar-refractivity contribution in [1.29, 1.82) is 0 Å². The third-order valence-electron chi connectivity index (χ3n) is 7.62. The molecule has 13 heteroatoms. The fourth-order valence-electron chi connectivity index (χ4n) is 5.37. The first-order valence-corrected chi connectivity index (χ1v) is 16.2. The van der Waals surface area contributed by atoms with Crippen LogP contribution in [0, 0.1) is 0 Å². The van der Waals surface area contributed by atoms with Crippen LogP contribution in [0.1, 0.15) is 36.6 Å². The number of hydrogen-bond donors (Lipinski definition) is 4. The largest absolute Gasteiger partial charge is 0.493 e. The van der Waals surface area contributed by atoms with Gasteiger partial charge in [-0.2, -0.15) is 5.10 Å². The number of aliphatic hydroxyl groups is 1.